The standard InChI is InChI=1S/C16H17NO6S/c1-10(16(19)20)9-11-3-5-12(6-4-11)17-15(18)13-7-8-14(23-13)24(2,21)22/h3-8,10H,9H2,1-2H3,(H,17,18)(H,19,20). The lowest BCUT2D eigenvalue weighted by Crippen LogP contribution is -2.13. The van der Waals surface area contributed by atoms with Crippen molar-refractivity contribution in [2.75, 3.05) is 11.6 Å². The Bertz CT molecular complexity index is 851. The van der Waals surface area contributed by atoms with E-state index >= 15 is 0 Å². The Morgan fingerprint density at radius 1 is 1.17 bits per heavy atom. The molecule has 0 aliphatic heterocycles. The molecule has 1 unspecified atom stereocenters. The Kier molecular flexibility index (Phi) is 5.08. The second-order valence-corrected chi connectivity index (χ2v) is 7.43. The first-order valence-electron chi connectivity index (χ1n) is 7.10. The third-order valence-electron chi connectivity index (χ3n) is 3.35. The molecule has 0 aliphatic rings. The number of carboxylic acid groups (broad SMARTS) is 1. The summed E-state index contributed by atoms with van der Waals surface area (Å²) in [7, 11) is -3.51. The van der Waals surface area contributed by atoms with Crippen LogP contribution in [-0.2, 0) is 21.1 Å². The van der Waals surface area contributed by atoms with Crippen molar-refractivity contribution in [2.24, 2.45) is 5.92 Å². The molecule has 1 heterocycles. The van der Waals surface area contributed by atoms with Crippen LogP contribution in [0.25, 0.3) is 0 Å². The number of sulfone groups is 1. The van der Waals surface area contributed by atoms with Crippen molar-refractivity contribution in [1.82, 2.24) is 0 Å². The van der Waals surface area contributed by atoms with Crippen molar-refractivity contribution < 1.29 is 27.5 Å². The normalized spacial score (nSPS) is 12.6. The molecule has 2 N–H and O–H groups in total. The molecule has 0 saturated heterocycles. The fraction of sp³-hybridized carbons (Fsp3) is 0.250. The summed E-state index contributed by atoms with van der Waals surface area (Å²) in [5.41, 5.74) is 1.32. The molecule has 0 bridgehead atoms. The molecule has 0 spiro atoms. The summed E-state index contributed by atoms with van der Waals surface area (Å²) in [4.78, 5) is 22.9. The monoisotopic (exact) mass is 351 g/mol. The number of carbonyl (C=O) groups is 2. The van der Waals surface area contributed by atoms with E-state index in [0.717, 1.165) is 11.8 Å². The van der Waals surface area contributed by atoms with Crippen LogP contribution in [0, 0.1) is 5.92 Å². The SMILES string of the molecule is CC(Cc1ccc(NC(=O)c2ccc(S(C)(=O)=O)o2)cc1)C(=O)O. The summed E-state index contributed by atoms with van der Waals surface area (Å²) in [6, 6.07) is 9.23. The molecule has 0 fully saturated rings. The molecule has 0 radical (unpaired) electrons. The molecule has 128 valence electrons. The van der Waals surface area contributed by atoms with Gasteiger partial charge in [0.2, 0.25) is 14.9 Å². The van der Waals surface area contributed by atoms with E-state index in [-0.39, 0.29) is 10.9 Å². The van der Waals surface area contributed by atoms with Gasteiger partial charge in [-0.3, -0.25) is 9.59 Å². The molecule has 7 nitrogen and oxygen atoms in total. The van der Waals surface area contributed by atoms with Crippen LogP contribution in [0.15, 0.2) is 45.9 Å². The Morgan fingerprint density at radius 3 is 2.29 bits per heavy atom. The molecule has 1 aromatic heterocycles. The van der Waals surface area contributed by atoms with Crippen LogP contribution < -0.4 is 5.32 Å². The lowest BCUT2D eigenvalue weighted by molar-refractivity contribution is -0.141. The van der Waals surface area contributed by atoms with Gasteiger partial charge in [-0.1, -0.05) is 19.1 Å². The van der Waals surface area contributed by atoms with Crippen LogP contribution in [-0.4, -0.2) is 31.7 Å². The van der Waals surface area contributed by atoms with E-state index in [4.69, 9.17) is 9.52 Å². The van der Waals surface area contributed by atoms with E-state index < -0.39 is 27.6 Å². The second-order valence-electron chi connectivity index (χ2n) is 5.49. The molecule has 8 heteroatoms. The first-order chi connectivity index (χ1) is 11.2. The number of hydrogen-bond donors (Lipinski definition) is 2. The third-order valence-corrected chi connectivity index (χ3v) is 4.30. The van der Waals surface area contributed by atoms with Crippen LogP contribution in [0.4, 0.5) is 5.69 Å². The molecule has 24 heavy (non-hydrogen) atoms. The number of rotatable bonds is 6. The van der Waals surface area contributed by atoms with Gasteiger partial charge >= 0.3 is 5.97 Å². The van der Waals surface area contributed by atoms with Crippen molar-refractivity contribution in [2.45, 2.75) is 18.4 Å². The zero-order valence-corrected chi connectivity index (χ0v) is 14.0. The molecular weight excluding hydrogens is 334 g/mol. The number of furan rings is 1. The highest BCUT2D eigenvalue weighted by Gasteiger charge is 2.17. The average molecular weight is 351 g/mol. The summed E-state index contributed by atoms with van der Waals surface area (Å²) in [5, 5.41) is 11.2. The van der Waals surface area contributed by atoms with Crippen molar-refractivity contribution >= 4 is 27.4 Å². The van der Waals surface area contributed by atoms with E-state index in [2.05, 4.69) is 5.32 Å². The van der Waals surface area contributed by atoms with Gasteiger partial charge in [-0.15, -0.1) is 0 Å². The van der Waals surface area contributed by atoms with E-state index in [1.54, 1.807) is 31.2 Å². The van der Waals surface area contributed by atoms with Crippen LogP contribution in [0.1, 0.15) is 23.0 Å². The number of carboxylic acids is 1. The first-order valence-corrected chi connectivity index (χ1v) is 8.99. The van der Waals surface area contributed by atoms with Crippen LogP contribution in [0.2, 0.25) is 0 Å². The highest BCUT2D eigenvalue weighted by atomic mass is 32.2. The van der Waals surface area contributed by atoms with Gasteiger partial charge in [-0.05, 0) is 36.2 Å². The summed E-state index contributed by atoms with van der Waals surface area (Å²) in [5.74, 6) is -2.05. The van der Waals surface area contributed by atoms with Gasteiger partial charge in [-0.25, -0.2) is 8.42 Å². The maximum Gasteiger partial charge on any atom is 0.306 e. The van der Waals surface area contributed by atoms with Crippen molar-refractivity contribution in [1.29, 1.82) is 0 Å². The fourth-order valence-electron chi connectivity index (χ4n) is 2.00. The van der Waals surface area contributed by atoms with E-state index in [1.165, 1.54) is 12.1 Å². The summed E-state index contributed by atoms with van der Waals surface area (Å²) < 4.78 is 27.7. The van der Waals surface area contributed by atoms with Crippen molar-refractivity contribution in [3.8, 4) is 0 Å². The average Bonchev–Trinajstić information content (AvgIpc) is 2.99. The van der Waals surface area contributed by atoms with Gasteiger partial charge < -0.3 is 14.8 Å². The Hall–Kier alpha value is -2.61. The molecular formula is C16H17NO6S. The molecule has 1 amide bonds. The maximum atomic E-state index is 12.0. The van der Waals surface area contributed by atoms with Crippen LogP contribution >= 0.6 is 0 Å². The van der Waals surface area contributed by atoms with Gasteiger partial charge in [0, 0.05) is 11.9 Å². The zero-order chi connectivity index (χ0) is 17.9. The third kappa shape index (κ3) is 4.45. The molecule has 2 rings (SSSR count). The predicted molar refractivity (Wildman–Crippen MR) is 86.7 cm³/mol. The highest BCUT2D eigenvalue weighted by molar-refractivity contribution is 7.90. The van der Waals surface area contributed by atoms with Gasteiger partial charge in [-0.2, -0.15) is 0 Å². The van der Waals surface area contributed by atoms with E-state index in [0.29, 0.717) is 12.1 Å². The quantitative estimate of drug-likeness (QED) is 0.825. The minimum absolute atomic E-state index is 0.112. The van der Waals surface area contributed by atoms with Gasteiger partial charge in [0.05, 0.1) is 5.92 Å². The first kappa shape index (κ1) is 17.7. The number of anilines is 1. The number of carbonyl (C=O) groups excluding carboxylic acids is 1. The van der Waals surface area contributed by atoms with Crippen LogP contribution in [0.3, 0.4) is 0 Å². The van der Waals surface area contributed by atoms with Gasteiger partial charge in [0.25, 0.3) is 5.91 Å². The Labute approximate surface area is 139 Å². The summed E-state index contributed by atoms with van der Waals surface area (Å²) in [6.07, 6.45) is 1.38. The molecule has 2 aromatic rings. The van der Waals surface area contributed by atoms with E-state index in [1.807, 2.05) is 0 Å². The molecule has 0 saturated carbocycles. The fourth-order valence-corrected chi connectivity index (χ4v) is 2.56. The smallest absolute Gasteiger partial charge is 0.306 e. The minimum Gasteiger partial charge on any atom is -0.481 e. The predicted octanol–water partition coefficient (Wildman–Crippen LogP) is 2.20. The zero-order valence-electron chi connectivity index (χ0n) is 13.1. The molecule has 0 aliphatic carbocycles. The number of hydrogen-bond acceptors (Lipinski definition) is 5. The largest absolute Gasteiger partial charge is 0.481 e. The summed E-state index contributed by atoms with van der Waals surface area (Å²) >= 11 is 0. The number of nitrogens with one attached hydrogen (secondary N) is 1. The second kappa shape index (κ2) is 6.88. The number of benzene rings is 1. The molecule has 1 atom stereocenters. The number of amides is 1. The van der Waals surface area contributed by atoms with Crippen molar-refractivity contribution in [3.63, 3.8) is 0 Å². The lowest BCUT2D eigenvalue weighted by atomic mass is 10.0. The number of aliphatic carboxylic acids is 1. The Balaban J connectivity index is 2.04. The topological polar surface area (TPSA) is 114 Å². The van der Waals surface area contributed by atoms with Crippen LogP contribution in [0.5, 0.6) is 0 Å². The van der Waals surface area contributed by atoms with Crippen molar-refractivity contribution in [3.05, 3.63) is 47.7 Å². The minimum atomic E-state index is -3.51. The maximum absolute atomic E-state index is 12.0. The summed E-state index contributed by atoms with van der Waals surface area (Å²) in [6.45, 7) is 1.62. The molecule has 1 aromatic carbocycles. The Morgan fingerprint density at radius 2 is 1.79 bits per heavy atom. The highest BCUT2D eigenvalue weighted by Crippen LogP contribution is 2.17. The van der Waals surface area contributed by atoms with Gasteiger partial charge in [0.1, 0.15) is 0 Å². The van der Waals surface area contributed by atoms with Gasteiger partial charge in [0.15, 0.2) is 5.76 Å². The van der Waals surface area contributed by atoms with E-state index in [9.17, 15) is 18.0 Å². The lowest BCUT2D eigenvalue weighted by Gasteiger charge is -2.08.